The van der Waals surface area contributed by atoms with Crippen molar-refractivity contribution in [2.75, 3.05) is 6.61 Å². The van der Waals surface area contributed by atoms with Gasteiger partial charge < -0.3 is 5.11 Å². The molecule has 0 aliphatic rings. The number of rotatable bonds is 2. The van der Waals surface area contributed by atoms with Crippen LogP contribution in [0.1, 0.15) is 5.56 Å². The van der Waals surface area contributed by atoms with E-state index < -0.39 is 10.3 Å². The van der Waals surface area contributed by atoms with Crippen molar-refractivity contribution in [3.8, 4) is 0 Å². The lowest BCUT2D eigenvalue weighted by molar-refractivity contribution is 0.299. The van der Waals surface area contributed by atoms with Crippen molar-refractivity contribution in [3.05, 3.63) is 35.9 Å². The summed E-state index contributed by atoms with van der Waals surface area (Å²) < 4.78 is 25.2. The number of nitrogens with two attached hydrogens (primary N) is 1. The van der Waals surface area contributed by atoms with Crippen molar-refractivity contribution >= 4 is 10.3 Å². The van der Waals surface area contributed by atoms with Gasteiger partial charge in [-0.3, -0.25) is 4.55 Å². The molecule has 80 valence electrons. The second kappa shape index (κ2) is 6.50. The van der Waals surface area contributed by atoms with Gasteiger partial charge in [0.2, 0.25) is 0 Å². The van der Waals surface area contributed by atoms with Crippen LogP contribution in [-0.2, 0) is 16.7 Å². The van der Waals surface area contributed by atoms with E-state index in [9.17, 15) is 0 Å². The maximum Gasteiger partial charge on any atom is 0.330 e. The van der Waals surface area contributed by atoms with E-state index in [1.54, 1.807) is 0 Å². The van der Waals surface area contributed by atoms with Crippen LogP contribution in [0.2, 0.25) is 0 Å². The molecule has 0 spiro atoms. The van der Waals surface area contributed by atoms with Crippen molar-refractivity contribution in [2.24, 2.45) is 5.14 Å². The second-order valence-corrected chi connectivity index (χ2v) is 3.50. The Kier molecular flexibility index (Phi) is 6.06. The Morgan fingerprint density at radius 2 is 1.64 bits per heavy atom. The fraction of sp³-hybridized carbons (Fsp3) is 0.250. The van der Waals surface area contributed by atoms with Crippen LogP contribution in [0.4, 0.5) is 0 Å². The molecule has 6 heteroatoms. The van der Waals surface area contributed by atoms with E-state index in [0.717, 1.165) is 6.42 Å². The lowest BCUT2D eigenvalue weighted by Gasteiger charge is -1.93. The summed E-state index contributed by atoms with van der Waals surface area (Å²) in [6.07, 6.45) is 0.765. The Hall–Kier alpha value is -0.950. The molecule has 5 nitrogen and oxygen atoms in total. The molecule has 0 fully saturated rings. The van der Waals surface area contributed by atoms with Gasteiger partial charge in [-0.15, -0.1) is 0 Å². The van der Waals surface area contributed by atoms with E-state index >= 15 is 0 Å². The number of hydrogen-bond donors (Lipinski definition) is 3. The minimum Gasteiger partial charge on any atom is -0.396 e. The summed E-state index contributed by atoms with van der Waals surface area (Å²) >= 11 is 0. The van der Waals surface area contributed by atoms with Gasteiger partial charge in [-0.2, -0.15) is 8.42 Å². The SMILES string of the molecule is NS(=O)(=O)O.OCCc1ccccc1. The zero-order valence-corrected chi connectivity index (χ0v) is 8.31. The van der Waals surface area contributed by atoms with Crippen molar-refractivity contribution in [1.82, 2.24) is 0 Å². The van der Waals surface area contributed by atoms with Gasteiger partial charge in [0.05, 0.1) is 0 Å². The summed E-state index contributed by atoms with van der Waals surface area (Å²) in [4.78, 5) is 0. The third-order valence-corrected chi connectivity index (χ3v) is 1.24. The molecule has 0 unspecified atom stereocenters. The number of hydrogen-bond acceptors (Lipinski definition) is 3. The highest BCUT2D eigenvalue weighted by atomic mass is 32.2. The van der Waals surface area contributed by atoms with Crippen LogP contribution in [0.15, 0.2) is 30.3 Å². The minimum absolute atomic E-state index is 0.240. The first kappa shape index (κ1) is 13.1. The molecule has 0 radical (unpaired) electrons. The van der Waals surface area contributed by atoms with Gasteiger partial charge in [-0.05, 0) is 12.0 Å². The minimum atomic E-state index is -4.17. The summed E-state index contributed by atoms with van der Waals surface area (Å²) in [5.41, 5.74) is 1.19. The lowest BCUT2D eigenvalue weighted by Crippen LogP contribution is -2.08. The van der Waals surface area contributed by atoms with Crippen molar-refractivity contribution < 1.29 is 18.1 Å². The van der Waals surface area contributed by atoms with Gasteiger partial charge in [-0.25, -0.2) is 5.14 Å². The third-order valence-electron chi connectivity index (χ3n) is 1.24. The molecule has 0 aromatic heterocycles. The van der Waals surface area contributed by atoms with E-state index in [2.05, 4.69) is 5.14 Å². The molecular weight excluding hydrogens is 206 g/mol. The summed E-state index contributed by atoms with van der Waals surface area (Å²) in [7, 11) is -4.17. The monoisotopic (exact) mass is 219 g/mol. The van der Waals surface area contributed by atoms with E-state index in [-0.39, 0.29) is 6.61 Å². The predicted molar refractivity (Wildman–Crippen MR) is 53.0 cm³/mol. The fourth-order valence-corrected chi connectivity index (χ4v) is 0.774. The topological polar surface area (TPSA) is 101 Å². The zero-order valence-electron chi connectivity index (χ0n) is 7.50. The molecular formula is C8H13NO4S. The summed E-state index contributed by atoms with van der Waals surface area (Å²) in [5, 5.41) is 12.4. The highest BCUT2D eigenvalue weighted by Gasteiger charge is 1.85. The molecule has 0 aliphatic heterocycles. The van der Waals surface area contributed by atoms with Gasteiger partial charge >= 0.3 is 10.3 Å². The van der Waals surface area contributed by atoms with Crippen molar-refractivity contribution in [2.45, 2.75) is 6.42 Å². The summed E-state index contributed by atoms with van der Waals surface area (Å²) in [6.45, 7) is 0.240. The zero-order chi connectivity index (χ0) is 11.0. The largest absolute Gasteiger partial charge is 0.396 e. The summed E-state index contributed by atoms with van der Waals surface area (Å²) in [6, 6.07) is 9.95. The molecule has 0 atom stereocenters. The first-order valence-electron chi connectivity index (χ1n) is 3.83. The molecule has 14 heavy (non-hydrogen) atoms. The standard InChI is InChI=1S/C8H10O.H3NO3S/c9-7-6-8-4-2-1-3-5-8;1-5(2,3)4/h1-5,9H,6-7H2;(H3,1,2,3,4). The first-order valence-corrected chi connectivity index (χ1v) is 5.34. The van der Waals surface area contributed by atoms with E-state index in [0.29, 0.717) is 0 Å². The van der Waals surface area contributed by atoms with Gasteiger partial charge in [0.25, 0.3) is 0 Å². The van der Waals surface area contributed by atoms with E-state index in [1.165, 1.54) is 5.56 Å². The first-order chi connectivity index (χ1) is 6.43. The Morgan fingerprint density at radius 1 is 1.21 bits per heavy atom. The number of aliphatic hydroxyl groups excluding tert-OH is 1. The molecule has 1 aromatic carbocycles. The normalized spacial score (nSPS) is 10.2. The van der Waals surface area contributed by atoms with Crippen molar-refractivity contribution in [3.63, 3.8) is 0 Å². The molecule has 0 amide bonds. The van der Waals surface area contributed by atoms with Crippen LogP contribution in [-0.4, -0.2) is 24.7 Å². The van der Waals surface area contributed by atoms with Crippen molar-refractivity contribution in [1.29, 1.82) is 0 Å². The molecule has 1 aromatic rings. The highest BCUT2D eigenvalue weighted by Crippen LogP contribution is 1.97. The second-order valence-electron chi connectivity index (χ2n) is 2.47. The maximum atomic E-state index is 8.97. The fourth-order valence-electron chi connectivity index (χ4n) is 0.774. The quantitative estimate of drug-likeness (QED) is 0.608. The van der Waals surface area contributed by atoms with Gasteiger partial charge in [0, 0.05) is 6.61 Å². The molecule has 0 saturated carbocycles. The van der Waals surface area contributed by atoms with Gasteiger partial charge in [0.1, 0.15) is 0 Å². The molecule has 0 aliphatic carbocycles. The van der Waals surface area contributed by atoms with Crippen LogP contribution in [0.5, 0.6) is 0 Å². The Morgan fingerprint density at radius 3 is 2.00 bits per heavy atom. The van der Waals surface area contributed by atoms with Gasteiger partial charge in [-0.1, -0.05) is 30.3 Å². The van der Waals surface area contributed by atoms with Crippen LogP contribution in [0.25, 0.3) is 0 Å². The molecule has 0 bridgehead atoms. The molecule has 0 saturated heterocycles. The molecule has 0 heterocycles. The maximum absolute atomic E-state index is 8.97. The van der Waals surface area contributed by atoms with Crippen LogP contribution in [0, 0.1) is 0 Å². The average Bonchev–Trinajstić information content (AvgIpc) is 2.03. The van der Waals surface area contributed by atoms with E-state index in [1.807, 2.05) is 30.3 Å². The Bertz CT molecular complexity index is 328. The number of aliphatic hydroxyl groups is 1. The third kappa shape index (κ3) is 11.1. The van der Waals surface area contributed by atoms with Gasteiger partial charge in [0.15, 0.2) is 0 Å². The Labute approximate surface area is 83.1 Å². The Balaban J connectivity index is 0.000000292. The smallest absolute Gasteiger partial charge is 0.330 e. The number of benzene rings is 1. The predicted octanol–water partition coefficient (Wildman–Crippen LogP) is -0.0307. The average molecular weight is 219 g/mol. The van der Waals surface area contributed by atoms with Crippen LogP contribution >= 0.6 is 0 Å². The van der Waals surface area contributed by atoms with E-state index in [4.69, 9.17) is 18.1 Å². The van der Waals surface area contributed by atoms with Crippen LogP contribution < -0.4 is 5.14 Å². The molecule has 1 rings (SSSR count). The summed E-state index contributed by atoms with van der Waals surface area (Å²) in [5.74, 6) is 0. The lowest BCUT2D eigenvalue weighted by atomic mass is 10.2. The molecule has 4 N–H and O–H groups in total. The van der Waals surface area contributed by atoms with Crippen LogP contribution in [0.3, 0.4) is 0 Å². The highest BCUT2D eigenvalue weighted by molar-refractivity contribution is 7.83.